The molecule has 1 aliphatic heterocycles. The van der Waals surface area contributed by atoms with Crippen LogP contribution in [0.1, 0.15) is 53.0 Å². The Bertz CT molecular complexity index is 1580. The number of aromatic nitrogens is 1. The number of carbonyl (C=O) groups excluding carboxylic acids is 4. The van der Waals surface area contributed by atoms with Crippen molar-refractivity contribution in [3.63, 3.8) is 0 Å². The number of urea groups is 1. The maximum atomic E-state index is 13.4. The van der Waals surface area contributed by atoms with Crippen molar-refractivity contribution in [2.45, 2.75) is 71.7 Å². The highest BCUT2D eigenvalue weighted by atomic mass is 32.1. The van der Waals surface area contributed by atoms with Gasteiger partial charge in [-0.1, -0.05) is 37.3 Å². The van der Waals surface area contributed by atoms with Crippen LogP contribution in [0.3, 0.4) is 0 Å². The van der Waals surface area contributed by atoms with E-state index in [1.54, 1.807) is 58.1 Å². The number of nitrogens with two attached hydrogens (primary N) is 1. The summed E-state index contributed by atoms with van der Waals surface area (Å²) in [4.78, 5) is 57.3. The first-order valence-corrected chi connectivity index (χ1v) is 17.3. The van der Waals surface area contributed by atoms with Crippen molar-refractivity contribution in [1.29, 1.82) is 0 Å². The molecule has 2 atom stereocenters. The van der Waals surface area contributed by atoms with E-state index >= 15 is 0 Å². The number of nitrogens with zero attached hydrogens (tertiary/aromatic N) is 2. The SMILES string of the molecule is CC(C)[C@H](NC(=O)OC(C)(C)C)C(=O)N[C@@H](CCCNC(N)=O)C(=O)Nc1ccc(CNc2ccc3nc(N4CCOCC4)sc3c2)cc1. The Labute approximate surface area is 290 Å². The van der Waals surface area contributed by atoms with Gasteiger partial charge in [-0.2, -0.15) is 0 Å². The number of morpholine rings is 1. The molecule has 3 aromatic rings. The normalized spacial score (nSPS) is 14.5. The molecule has 266 valence electrons. The highest BCUT2D eigenvalue weighted by molar-refractivity contribution is 7.22. The van der Waals surface area contributed by atoms with Gasteiger partial charge in [-0.05, 0) is 75.4 Å². The Morgan fingerprint density at radius 2 is 1.69 bits per heavy atom. The number of nitrogens with one attached hydrogen (secondary N) is 5. The van der Waals surface area contributed by atoms with Crippen molar-refractivity contribution in [3.8, 4) is 0 Å². The van der Waals surface area contributed by atoms with Crippen LogP contribution >= 0.6 is 11.3 Å². The molecule has 0 saturated carbocycles. The molecular weight excluding hydrogens is 648 g/mol. The van der Waals surface area contributed by atoms with Crippen molar-refractivity contribution < 1.29 is 28.7 Å². The van der Waals surface area contributed by atoms with Gasteiger partial charge >= 0.3 is 12.1 Å². The second-order valence-electron chi connectivity index (χ2n) is 13.2. The number of alkyl carbamates (subject to hydrolysis) is 1. The predicted octanol–water partition coefficient (Wildman–Crippen LogP) is 4.17. The van der Waals surface area contributed by atoms with Gasteiger partial charge in [-0.3, -0.25) is 9.59 Å². The maximum absolute atomic E-state index is 13.4. The predicted molar refractivity (Wildman–Crippen MR) is 192 cm³/mol. The van der Waals surface area contributed by atoms with Crippen molar-refractivity contribution in [2.75, 3.05) is 48.4 Å². The fourth-order valence-corrected chi connectivity index (χ4v) is 6.13. The third-order valence-corrected chi connectivity index (χ3v) is 8.68. The van der Waals surface area contributed by atoms with Crippen LogP contribution in [0.4, 0.5) is 26.1 Å². The standard InChI is InChI=1S/C34H48N8O6S/c1-21(2)28(41-33(46)48-34(3,4)5)30(44)39-26(7-6-14-36-31(35)45)29(43)38-23-10-8-22(9-11-23)20-37-24-12-13-25-27(19-24)49-32(40-25)42-15-17-47-18-16-42/h8-13,19,21,26,28,37H,6-7,14-18,20H2,1-5H3,(H,38,43)(H,39,44)(H,41,46)(H3,35,36,45)/t26-,28-/m0/s1. The van der Waals surface area contributed by atoms with Crippen LogP contribution in [0.5, 0.6) is 0 Å². The van der Waals surface area contributed by atoms with Gasteiger partial charge in [-0.25, -0.2) is 14.6 Å². The molecule has 0 aliphatic carbocycles. The smallest absolute Gasteiger partial charge is 0.408 e. The van der Waals surface area contributed by atoms with Crippen LogP contribution in [0, 0.1) is 5.92 Å². The molecule has 1 fully saturated rings. The summed E-state index contributed by atoms with van der Waals surface area (Å²) in [6.45, 7) is 12.7. The van der Waals surface area contributed by atoms with E-state index in [0.717, 1.165) is 39.7 Å². The van der Waals surface area contributed by atoms with Gasteiger partial charge in [0.15, 0.2) is 5.13 Å². The molecule has 0 unspecified atom stereocenters. The molecular formula is C34H48N8O6S. The van der Waals surface area contributed by atoms with Gasteiger partial charge in [0.05, 0.1) is 23.4 Å². The molecule has 14 nitrogen and oxygen atoms in total. The number of primary amides is 1. The summed E-state index contributed by atoms with van der Waals surface area (Å²) in [6.07, 6.45) is -0.140. The number of carbonyl (C=O) groups is 4. The molecule has 4 rings (SSSR count). The average Bonchev–Trinajstić information content (AvgIpc) is 3.47. The van der Waals surface area contributed by atoms with E-state index in [1.165, 1.54) is 0 Å². The van der Waals surface area contributed by atoms with Crippen LogP contribution in [0.15, 0.2) is 42.5 Å². The zero-order valence-corrected chi connectivity index (χ0v) is 29.6. The summed E-state index contributed by atoms with van der Waals surface area (Å²) in [5.74, 6) is -1.25. The molecule has 7 N–H and O–H groups in total. The van der Waals surface area contributed by atoms with E-state index in [1.807, 2.05) is 24.3 Å². The second kappa shape index (κ2) is 17.2. The largest absolute Gasteiger partial charge is 0.444 e. The van der Waals surface area contributed by atoms with E-state index in [4.69, 9.17) is 20.2 Å². The van der Waals surface area contributed by atoms with E-state index in [2.05, 4.69) is 37.6 Å². The Morgan fingerprint density at radius 3 is 2.35 bits per heavy atom. The van der Waals surface area contributed by atoms with Crippen LogP contribution in [-0.4, -0.2) is 79.5 Å². The van der Waals surface area contributed by atoms with Gasteiger partial charge < -0.3 is 46.7 Å². The fourth-order valence-electron chi connectivity index (χ4n) is 5.07. The number of amides is 5. The lowest BCUT2D eigenvalue weighted by molar-refractivity contribution is -0.128. The van der Waals surface area contributed by atoms with E-state index < -0.39 is 41.6 Å². The second-order valence-corrected chi connectivity index (χ2v) is 14.2. The first-order valence-electron chi connectivity index (χ1n) is 16.5. The summed E-state index contributed by atoms with van der Waals surface area (Å²) in [5.41, 5.74) is 7.93. The minimum Gasteiger partial charge on any atom is -0.444 e. The number of anilines is 3. The van der Waals surface area contributed by atoms with Crippen molar-refractivity contribution in [1.82, 2.24) is 20.9 Å². The van der Waals surface area contributed by atoms with Gasteiger partial charge in [0, 0.05) is 37.6 Å². The zero-order valence-electron chi connectivity index (χ0n) is 28.8. The summed E-state index contributed by atoms with van der Waals surface area (Å²) in [7, 11) is 0. The highest BCUT2D eigenvalue weighted by Gasteiger charge is 2.30. The number of hydrogen-bond acceptors (Lipinski definition) is 10. The van der Waals surface area contributed by atoms with Crippen molar-refractivity contribution >= 4 is 62.0 Å². The third-order valence-electron chi connectivity index (χ3n) is 7.60. The van der Waals surface area contributed by atoms with Crippen LogP contribution in [0.25, 0.3) is 10.2 Å². The van der Waals surface area contributed by atoms with Crippen molar-refractivity contribution in [2.24, 2.45) is 11.7 Å². The van der Waals surface area contributed by atoms with Gasteiger partial charge in [0.25, 0.3) is 0 Å². The Hall–Kier alpha value is -4.63. The molecule has 2 heterocycles. The Kier molecular flexibility index (Phi) is 13.0. The van der Waals surface area contributed by atoms with Gasteiger partial charge in [-0.15, -0.1) is 0 Å². The first kappa shape index (κ1) is 37.2. The van der Waals surface area contributed by atoms with E-state index in [0.29, 0.717) is 31.9 Å². The van der Waals surface area contributed by atoms with E-state index in [-0.39, 0.29) is 18.9 Å². The summed E-state index contributed by atoms with van der Waals surface area (Å²) >= 11 is 1.67. The first-order chi connectivity index (χ1) is 23.3. The average molecular weight is 697 g/mol. The van der Waals surface area contributed by atoms with Crippen LogP contribution < -0.4 is 37.2 Å². The maximum Gasteiger partial charge on any atom is 0.408 e. The third kappa shape index (κ3) is 11.8. The molecule has 0 bridgehead atoms. The molecule has 5 amide bonds. The highest BCUT2D eigenvalue weighted by Crippen LogP contribution is 2.31. The number of thiazole rings is 1. The summed E-state index contributed by atoms with van der Waals surface area (Å²) in [6, 6.07) is 11.0. The van der Waals surface area contributed by atoms with Crippen LogP contribution in [0.2, 0.25) is 0 Å². The number of hydrogen-bond donors (Lipinski definition) is 6. The number of benzene rings is 2. The van der Waals surface area contributed by atoms with Gasteiger partial charge in [0.1, 0.15) is 17.7 Å². The molecule has 0 spiro atoms. The lowest BCUT2D eigenvalue weighted by atomic mass is 10.0. The number of ether oxygens (including phenoxy) is 2. The molecule has 1 aromatic heterocycles. The number of fused-ring (bicyclic) bond motifs is 1. The summed E-state index contributed by atoms with van der Waals surface area (Å²) < 4.78 is 11.9. The molecule has 15 heteroatoms. The number of rotatable bonds is 14. The van der Waals surface area contributed by atoms with Crippen molar-refractivity contribution in [3.05, 3.63) is 48.0 Å². The molecule has 0 radical (unpaired) electrons. The minimum absolute atomic E-state index is 0.217. The topological polar surface area (TPSA) is 189 Å². The lowest BCUT2D eigenvalue weighted by Crippen LogP contribution is -2.55. The molecule has 49 heavy (non-hydrogen) atoms. The van der Waals surface area contributed by atoms with Gasteiger partial charge in [0.2, 0.25) is 11.8 Å². The van der Waals surface area contributed by atoms with Crippen LogP contribution in [-0.2, 0) is 25.6 Å². The molecule has 2 aromatic carbocycles. The van der Waals surface area contributed by atoms with E-state index in [9.17, 15) is 19.2 Å². The molecule has 1 aliphatic rings. The zero-order chi connectivity index (χ0) is 35.6. The fraction of sp³-hybridized carbons (Fsp3) is 0.500. The minimum atomic E-state index is -0.948. The monoisotopic (exact) mass is 696 g/mol. The quantitative estimate of drug-likeness (QED) is 0.135. The lowest BCUT2D eigenvalue weighted by Gasteiger charge is -2.27. The summed E-state index contributed by atoms with van der Waals surface area (Å²) in [5, 5.41) is 15.2. The Balaban J connectivity index is 1.35. The molecule has 1 saturated heterocycles. The Morgan fingerprint density at radius 1 is 1.00 bits per heavy atom.